The van der Waals surface area contributed by atoms with Crippen LogP contribution in [-0.2, 0) is 23.7 Å². The smallest absolute Gasteiger partial charge is 0.190 e. The lowest BCUT2D eigenvalue weighted by Gasteiger charge is -2.32. The number of aliphatic hydroxyl groups is 1. The maximum atomic E-state index is 10.5. The Balaban J connectivity index is 1.60. The summed E-state index contributed by atoms with van der Waals surface area (Å²) in [6, 6.07) is 0. The average molecular weight is 303 g/mol. The van der Waals surface area contributed by atoms with Gasteiger partial charge in [0.1, 0.15) is 18.3 Å². The minimum Gasteiger partial charge on any atom is -0.389 e. The van der Waals surface area contributed by atoms with Crippen LogP contribution < -0.4 is 0 Å². The van der Waals surface area contributed by atoms with E-state index in [9.17, 15) is 5.11 Å². The minimum absolute atomic E-state index is 0.297. The van der Waals surface area contributed by atoms with Crippen LogP contribution in [0.15, 0.2) is 0 Å². The molecule has 122 valence electrons. The van der Waals surface area contributed by atoms with Crippen molar-refractivity contribution in [1.82, 2.24) is 4.90 Å². The van der Waals surface area contributed by atoms with E-state index in [2.05, 4.69) is 4.90 Å². The number of β-amino-alcohol motifs (C(OH)–C–C–N with tert-alkyl or cyclic N) is 1. The van der Waals surface area contributed by atoms with Gasteiger partial charge in [-0.15, -0.1) is 0 Å². The Bertz CT molecular complexity index is 359. The number of nitrogens with zero attached hydrogens (tertiary/aromatic N) is 1. The number of ether oxygens (including phenoxy) is 5. The van der Waals surface area contributed by atoms with Crippen LogP contribution in [0.3, 0.4) is 0 Å². The number of methoxy groups -OCH3 is 1. The standard InChI is InChI=1S/C14H25NO6/c1-14(2)20-12-11(17-3)10(19-13(12)21-14)9(16)8-15-4-6-18-7-5-15/h9-13,16H,4-8H2,1-3H3/t9-,10-,11+,12-,13-/m1/s1. The zero-order chi connectivity index (χ0) is 15.0. The molecule has 3 rings (SSSR count). The Morgan fingerprint density at radius 1 is 1.29 bits per heavy atom. The first-order chi connectivity index (χ1) is 10.00. The fraction of sp³-hybridized carbons (Fsp3) is 1.00. The molecule has 0 spiro atoms. The van der Waals surface area contributed by atoms with Crippen LogP contribution in [0, 0.1) is 0 Å². The third-order valence-electron chi connectivity index (χ3n) is 4.23. The Hall–Kier alpha value is -0.280. The van der Waals surface area contributed by atoms with Gasteiger partial charge >= 0.3 is 0 Å². The molecule has 0 amide bonds. The molecule has 0 radical (unpaired) electrons. The van der Waals surface area contributed by atoms with Crippen molar-refractivity contribution >= 4 is 0 Å². The van der Waals surface area contributed by atoms with Gasteiger partial charge in [-0.3, -0.25) is 4.90 Å². The highest BCUT2D eigenvalue weighted by Crippen LogP contribution is 2.39. The van der Waals surface area contributed by atoms with Crippen molar-refractivity contribution < 1.29 is 28.8 Å². The first-order valence-corrected chi connectivity index (χ1v) is 7.52. The van der Waals surface area contributed by atoms with E-state index in [1.54, 1.807) is 7.11 Å². The van der Waals surface area contributed by atoms with Gasteiger partial charge in [0.2, 0.25) is 0 Å². The van der Waals surface area contributed by atoms with E-state index in [-0.39, 0.29) is 12.2 Å². The second-order valence-corrected chi connectivity index (χ2v) is 6.25. The Labute approximate surface area is 125 Å². The van der Waals surface area contributed by atoms with Gasteiger partial charge < -0.3 is 28.8 Å². The summed E-state index contributed by atoms with van der Waals surface area (Å²) in [5, 5.41) is 10.5. The molecule has 0 saturated carbocycles. The van der Waals surface area contributed by atoms with Gasteiger partial charge in [0.05, 0.1) is 19.3 Å². The zero-order valence-electron chi connectivity index (χ0n) is 12.9. The zero-order valence-corrected chi connectivity index (χ0v) is 12.9. The van der Waals surface area contributed by atoms with Crippen molar-refractivity contribution in [3.8, 4) is 0 Å². The molecule has 7 nitrogen and oxygen atoms in total. The summed E-state index contributed by atoms with van der Waals surface area (Å²) >= 11 is 0. The fourth-order valence-corrected chi connectivity index (χ4v) is 3.23. The van der Waals surface area contributed by atoms with Gasteiger partial charge in [0, 0.05) is 26.7 Å². The van der Waals surface area contributed by atoms with Crippen molar-refractivity contribution in [2.45, 2.75) is 50.3 Å². The van der Waals surface area contributed by atoms with Crippen LogP contribution in [0.4, 0.5) is 0 Å². The summed E-state index contributed by atoms with van der Waals surface area (Å²) in [4.78, 5) is 2.17. The van der Waals surface area contributed by atoms with E-state index in [1.807, 2.05) is 13.8 Å². The van der Waals surface area contributed by atoms with Crippen LogP contribution in [0.1, 0.15) is 13.8 Å². The van der Waals surface area contributed by atoms with Crippen LogP contribution in [0.25, 0.3) is 0 Å². The molecule has 21 heavy (non-hydrogen) atoms. The number of aliphatic hydroxyl groups excluding tert-OH is 1. The first kappa shape index (κ1) is 15.6. The molecular formula is C14H25NO6. The first-order valence-electron chi connectivity index (χ1n) is 7.52. The molecule has 0 unspecified atom stereocenters. The van der Waals surface area contributed by atoms with Gasteiger partial charge in [-0.2, -0.15) is 0 Å². The van der Waals surface area contributed by atoms with Crippen LogP contribution in [0.5, 0.6) is 0 Å². The number of fused-ring (bicyclic) bond motifs is 1. The number of rotatable bonds is 4. The van der Waals surface area contributed by atoms with Gasteiger partial charge in [0.15, 0.2) is 12.1 Å². The molecule has 0 aromatic rings. The van der Waals surface area contributed by atoms with E-state index >= 15 is 0 Å². The molecule has 0 aromatic carbocycles. The van der Waals surface area contributed by atoms with Crippen molar-refractivity contribution in [3.63, 3.8) is 0 Å². The van der Waals surface area contributed by atoms with Crippen molar-refractivity contribution in [3.05, 3.63) is 0 Å². The summed E-state index contributed by atoms with van der Waals surface area (Å²) in [6.45, 7) is 7.30. The van der Waals surface area contributed by atoms with E-state index < -0.39 is 24.3 Å². The molecule has 3 heterocycles. The number of hydrogen-bond acceptors (Lipinski definition) is 7. The predicted molar refractivity (Wildman–Crippen MR) is 72.8 cm³/mol. The van der Waals surface area contributed by atoms with E-state index in [0.29, 0.717) is 19.8 Å². The lowest BCUT2D eigenvalue weighted by molar-refractivity contribution is -0.228. The Morgan fingerprint density at radius 3 is 2.67 bits per heavy atom. The molecule has 3 aliphatic rings. The maximum Gasteiger partial charge on any atom is 0.190 e. The lowest BCUT2D eigenvalue weighted by atomic mass is 10.0. The largest absolute Gasteiger partial charge is 0.389 e. The van der Waals surface area contributed by atoms with E-state index in [1.165, 1.54) is 0 Å². The highest BCUT2D eigenvalue weighted by molar-refractivity contribution is 4.97. The summed E-state index contributed by atoms with van der Waals surface area (Å²) < 4.78 is 28.2. The molecule has 0 aliphatic carbocycles. The summed E-state index contributed by atoms with van der Waals surface area (Å²) in [7, 11) is 1.61. The summed E-state index contributed by atoms with van der Waals surface area (Å²) in [5.41, 5.74) is 0. The molecule has 3 fully saturated rings. The third-order valence-corrected chi connectivity index (χ3v) is 4.23. The van der Waals surface area contributed by atoms with E-state index in [4.69, 9.17) is 23.7 Å². The monoisotopic (exact) mass is 303 g/mol. The summed E-state index contributed by atoms with van der Waals surface area (Å²) in [5.74, 6) is -0.674. The number of morpholine rings is 1. The van der Waals surface area contributed by atoms with Crippen molar-refractivity contribution in [2.24, 2.45) is 0 Å². The van der Waals surface area contributed by atoms with Gasteiger partial charge in [-0.05, 0) is 13.8 Å². The quantitative estimate of drug-likeness (QED) is 0.756. The molecule has 7 heteroatoms. The molecule has 5 atom stereocenters. The second kappa shape index (κ2) is 6.08. The maximum absolute atomic E-state index is 10.5. The highest BCUT2D eigenvalue weighted by atomic mass is 16.8. The number of hydrogen-bond donors (Lipinski definition) is 1. The van der Waals surface area contributed by atoms with Gasteiger partial charge in [-0.1, -0.05) is 0 Å². The van der Waals surface area contributed by atoms with E-state index in [0.717, 1.165) is 13.1 Å². The van der Waals surface area contributed by atoms with Crippen LogP contribution in [-0.4, -0.2) is 86.5 Å². The molecule has 0 aromatic heterocycles. The van der Waals surface area contributed by atoms with Crippen LogP contribution in [0.2, 0.25) is 0 Å². The lowest BCUT2D eigenvalue weighted by Crippen LogP contribution is -2.49. The highest BCUT2D eigenvalue weighted by Gasteiger charge is 2.56. The normalized spacial score (nSPS) is 41.1. The van der Waals surface area contributed by atoms with Crippen molar-refractivity contribution in [1.29, 1.82) is 0 Å². The van der Waals surface area contributed by atoms with Crippen LogP contribution >= 0.6 is 0 Å². The van der Waals surface area contributed by atoms with Crippen molar-refractivity contribution in [2.75, 3.05) is 40.0 Å². The molecule has 1 N–H and O–H groups in total. The van der Waals surface area contributed by atoms with Gasteiger partial charge in [0.25, 0.3) is 0 Å². The Morgan fingerprint density at radius 2 is 2.00 bits per heavy atom. The summed E-state index contributed by atoms with van der Waals surface area (Å²) in [6.07, 6.45) is -2.19. The molecule has 3 aliphatic heterocycles. The minimum atomic E-state index is -0.674. The van der Waals surface area contributed by atoms with Gasteiger partial charge in [-0.25, -0.2) is 0 Å². The second-order valence-electron chi connectivity index (χ2n) is 6.25. The topological polar surface area (TPSA) is 69.6 Å². The SMILES string of the molecule is CO[C@@H]1[C@H]2OC(C)(C)O[C@H]2O[C@@H]1[C@H](O)CN1CCOCC1. The average Bonchev–Trinajstić information content (AvgIpc) is 2.91. The molecule has 0 bridgehead atoms. The molecule has 3 saturated heterocycles. The Kier molecular flexibility index (Phi) is 4.52. The fourth-order valence-electron chi connectivity index (χ4n) is 3.23. The predicted octanol–water partition coefficient (Wildman–Crippen LogP) is -0.429. The molecular weight excluding hydrogens is 278 g/mol. The third kappa shape index (κ3) is 3.24.